The van der Waals surface area contributed by atoms with E-state index in [1.165, 1.54) is 11.4 Å². The summed E-state index contributed by atoms with van der Waals surface area (Å²) in [6.07, 6.45) is 0. The van der Waals surface area contributed by atoms with Crippen LogP contribution in [-0.2, 0) is 21.3 Å². The van der Waals surface area contributed by atoms with Crippen LogP contribution in [0.1, 0.15) is 21.9 Å². The van der Waals surface area contributed by atoms with Crippen molar-refractivity contribution in [3.05, 3.63) is 53.0 Å². The van der Waals surface area contributed by atoms with Gasteiger partial charge in [-0.25, -0.2) is 22.0 Å². The number of ether oxygens (including phenoxy) is 1. The molecule has 1 fully saturated rings. The van der Waals surface area contributed by atoms with Crippen LogP contribution in [0.2, 0.25) is 0 Å². The van der Waals surface area contributed by atoms with Gasteiger partial charge >= 0.3 is 5.97 Å². The minimum absolute atomic E-state index is 0.144. The standard InChI is InChI=1S/C18H20F2N2O5S/c1-12-9-14(27-17(12)18(23)26-2)11-21-5-7-22(8-6-21)28(24,25)16-4-3-13(19)10-15(16)20/h3-4,9-10H,5-8,11H2,1-2H3. The van der Waals surface area contributed by atoms with E-state index in [4.69, 9.17) is 4.42 Å². The Morgan fingerprint density at radius 2 is 1.86 bits per heavy atom. The van der Waals surface area contributed by atoms with E-state index in [0.29, 0.717) is 37.0 Å². The second-order valence-corrected chi connectivity index (χ2v) is 8.38. The SMILES string of the molecule is COC(=O)c1oc(CN2CCN(S(=O)(=O)c3ccc(F)cc3F)CC2)cc1C. The first-order chi connectivity index (χ1) is 13.2. The molecule has 2 heterocycles. The first-order valence-electron chi connectivity index (χ1n) is 8.57. The number of piperazine rings is 1. The molecule has 2 aromatic rings. The van der Waals surface area contributed by atoms with E-state index in [2.05, 4.69) is 4.74 Å². The van der Waals surface area contributed by atoms with Gasteiger partial charge in [0.05, 0.1) is 13.7 Å². The van der Waals surface area contributed by atoms with Crippen LogP contribution in [0.15, 0.2) is 33.6 Å². The van der Waals surface area contributed by atoms with Gasteiger partial charge in [0, 0.05) is 37.8 Å². The Morgan fingerprint density at radius 1 is 1.18 bits per heavy atom. The maximum atomic E-state index is 13.9. The number of esters is 1. The Kier molecular flexibility index (Phi) is 5.82. The number of carbonyl (C=O) groups excluding carboxylic acids is 1. The summed E-state index contributed by atoms with van der Waals surface area (Å²) in [7, 11) is -2.77. The van der Waals surface area contributed by atoms with Crippen molar-refractivity contribution in [2.45, 2.75) is 18.4 Å². The van der Waals surface area contributed by atoms with E-state index in [0.717, 1.165) is 12.1 Å². The van der Waals surface area contributed by atoms with Gasteiger partial charge in [-0.2, -0.15) is 4.31 Å². The predicted octanol–water partition coefficient (Wildman–Crippen LogP) is 2.16. The molecule has 0 spiro atoms. The van der Waals surface area contributed by atoms with Gasteiger partial charge in [-0.1, -0.05) is 0 Å². The van der Waals surface area contributed by atoms with Crippen molar-refractivity contribution in [3.8, 4) is 0 Å². The smallest absolute Gasteiger partial charge is 0.374 e. The van der Waals surface area contributed by atoms with Gasteiger partial charge in [0.2, 0.25) is 15.8 Å². The number of hydrogen-bond acceptors (Lipinski definition) is 6. The number of furan rings is 1. The summed E-state index contributed by atoms with van der Waals surface area (Å²) in [6.45, 7) is 3.24. The van der Waals surface area contributed by atoms with Crippen molar-refractivity contribution in [1.29, 1.82) is 0 Å². The van der Waals surface area contributed by atoms with E-state index in [-0.39, 0.29) is 18.8 Å². The lowest BCUT2D eigenvalue weighted by Crippen LogP contribution is -2.48. The molecule has 0 atom stereocenters. The second-order valence-electron chi connectivity index (χ2n) is 6.47. The first-order valence-corrected chi connectivity index (χ1v) is 10.0. The van der Waals surface area contributed by atoms with Crippen LogP contribution >= 0.6 is 0 Å². The molecule has 0 unspecified atom stereocenters. The molecule has 152 valence electrons. The third kappa shape index (κ3) is 4.08. The number of aryl methyl sites for hydroxylation is 1. The molecule has 0 saturated carbocycles. The second kappa shape index (κ2) is 7.98. The van der Waals surface area contributed by atoms with Gasteiger partial charge in [0.25, 0.3) is 0 Å². The van der Waals surface area contributed by atoms with Crippen LogP contribution < -0.4 is 0 Å². The largest absolute Gasteiger partial charge is 0.463 e. The molecule has 0 bridgehead atoms. The average molecular weight is 414 g/mol. The van der Waals surface area contributed by atoms with E-state index < -0.39 is 32.5 Å². The Labute approximate surface area is 161 Å². The lowest BCUT2D eigenvalue weighted by atomic mass is 10.2. The Bertz CT molecular complexity index is 982. The molecule has 1 aromatic carbocycles. The van der Waals surface area contributed by atoms with Crippen LogP contribution in [0, 0.1) is 18.6 Å². The zero-order valence-electron chi connectivity index (χ0n) is 15.4. The highest BCUT2D eigenvalue weighted by Gasteiger charge is 2.31. The third-order valence-corrected chi connectivity index (χ3v) is 6.49. The summed E-state index contributed by atoms with van der Waals surface area (Å²) in [5, 5.41) is 0. The van der Waals surface area contributed by atoms with Gasteiger partial charge in [-0.15, -0.1) is 0 Å². The minimum atomic E-state index is -4.04. The monoisotopic (exact) mass is 414 g/mol. The third-order valence-electron chi connectivity index (χ3n) is 4.56. The highest BCUT2D eigenvalue weighted by molar-refractivity contribution is 7.89. The molecule has 1 aliphatic heterocycles. The Balaban J connectivity index is 1.65. The molecule has 0 aliphatic carbocycles. The van der Waals surface area contributed by atoms with Crippen molar-refractivity contribution in [1.82, 2.24) is 9.21 Å². The van der Waals surface area contributed by atoms with Crippen molar-refractivity contribution < 1.29 is 31.1 Å². The number of hydrogen-bond donors (Lipinski definition) is 0. The topological polar surface area (TPSA) is 80.1 Å². The molecule has 1 saturated heterocycles. The van der Waals surface area contributed by atoms with Gasteiger partial charge in [0.15, 0.2) is 0 Å². The fourth-order valence-corrected chi connectivity index (χ4v) is 4.56. The molecular weight excluding hydrogens is 394 g/mol. The van der Waals surface area contributed by atoms with Gasteiger partial charge in [-0.05, 0) is 25.1 Å². The van der Waals surface area contributed by atoms with Crippen molar-refractivity contribution >= 4 is 16.0 Å². The predicted molar refractivity (Wildman–Crippen MR) is 95.2 cm³/mol. The number of halogens is 2. The molecule has 1 aliphatic rings. The van der Waals surface area contributed by atoms with E-state index in [1.807, 2.05) is 4.90 Å². The molecule has 0 N–H and O–H groups in total. The first kappa shape index (κ1) is 20.4. The molecule has 10 heteroatoms. The van der Waals surface area contributed by atoms with Gasteiger partial charge < -0.3 is 9.15 Å². The van der Waals surface area contributed by atoms with Gasteiger partial charge in [0.1, 0.15) is 22.3 Å². The highest BCUT2D eigenvalue weighted by Crippen LogP contribution is 2.23. The molecule has 0 radical (unpaired) electrons. The Hall–Kier alpha value is -2.30. The number of methoxy groups -OCH3 is 1. The number of nitrogens with zero attached hydrogens (tertiary/aromatic N) is 2. The van der Waals surface area contributed by atoms with E-state index in [9.17, 15) is 22.0 Å². The normalized spacial score (nSPS) is 16.3. The summed E-state index contributed by atoms with van der Waals surface area (Å²) < 4.78 is 63.5. The summed E-state index contributed by atoms with van der Waals surface area (Å²) in [5.41, 5.74) is 0.662. The summed E-state index contributed by atoms with van der Waals surface area (Å²) in [6, 6.07) is 4.15. The fourth-order valence-electron chi connectivity index (χ4n) is 3.09. The fraction of sp³-hybridized carbons (Fsp3) is 0.389. The summed E-state index contributed by atoms with van der Waals surface area (Å²) in [5.74, 6) is -1.78. The zero-order chi connectivity index (χ0) is 20.5. The van der Waals surface area contributed by atoms with Gasteiger partial charge in [-0.3, -0.25) is 4.90 Å². The quantitative estimate of drug-likeness (QED) is 0.698. The van der Waals surface area contributed by atoms with Crippen LogP contribution in [-0.4, -0.2) is 56.9 Å². The lowest BCUT2D eigenvalue weighted by Gasteiger charge is -2.33. The molecule has 28 heavy (non-hydrogen) atoms. The van der Waals surface area contributed by atoms with Crippen molar-refractivity contribution in [2.24, 2.45) is 0 Å². The number of benzene rings is 1. The summed E-state index contributed by atoms with van der Waals surface area (Å²) >= 11 is 0. The van der Waals surface area contributed by atoms with Crippen molar-refractivity contribution in [3.63, 3.8) is 0 Å². The highest BCUT2D eigenvalue weighted by atomic mass is 32.2. The minimum Gasteiger partial charge on any atom is -0.463 e. The molecule has 3 rings (SSSR count). The molecule has 1 aromatic heterocycles. The lowest BCUT2D eigenvalue weighted by molar-refractivity contribution is 0.0559. The summed E-state index contributed by atoms with van der Waals surface area (Å²) in [4.78, 5) is 13.0. The van der Waals surface area contributed by atoms with Crippen LogP contribution in [0.25, 0.3) is 0 Å². The molecular formula is C18H20F2N2O5S. The molecule has 7 nitrogen and oxygen atoms in total. The zero-order valence-corrected chi connectivity index (χ0v) is 16.3. The molecule has 0 amide bonds. The number of carbonyl (C=O) groups is 1. The van der Waals surface area contributed by atoms with E-state index >= 15 is 0 Å². The van der Waals surface area contributed by atoms with Crippen LogP contribution in [0.4, 0.5) is 8.78 Å². The van der Waals surface area contributed by atoms with Crippen molar-refractivity contribution in [2.75, 3.05) is 33.3 Å². The maximum Gasteiger partial charge on any atom is 0.374 e. The Morgan fingerprint density at radius 3 is 2.46 bits per heavy atom. The van der Waals surface area contributed by atoms with E-state index in [1.54, 1.807) is 13.0 Å². The average Bonchev–Trinajstić information content (AvgIpc) is 3.01. The maximum absolute atomic E-state index is 13.9. The number of rotatable bonds is 5. The van der Waals surface area contributed by atoms with Crippen LogP contribution in [0.3, 0.4) is 0 Å². The number of sulfonamides is 1. The van der Waals surface area contributed by atoms with Crippen LogP contribution in [0.5, 0.6) is 0 Å².